The van der Waals surface area contributed by atoms with Crippen LogP contribution in [0.4, 0.5) is 10.2 Å². The standard InChI is InChI=1S/C20H23FN6O/c1-11-8-12-4-3-5-13(12)9-14(11)10-15-24-17-18(22)25-20(21)26-19(17)27(15)7-6-16(28)23-2/h8-9H,3-7,10H2,1-2H3,(H,23,28)(H2,22,25,26). The Labute approximate surface area is 162 Å². The number of imidazole rings is 1. The number of halogens is 1. The molecule has 0 spiro atoms. The Kier molecular flexibility index (Phi) is 4.70. The van der Waals surface area contributed by atoms with Crippen molar-refractivity contribution in [2.24, 2.45) is 0 Å². The van der Waals surface area contributed by atoms with Crippen LogP contribution < -0.4 is 11.1 Å². The maximum atomic E-state index is 13.8. The number of benzene rings is 1. The van der Waals surface area contributed by atoms with Crippen molar-refractivity contribution in [1.82, 2.24) is 24.8 Å². The van der Waals surface area contributed by atoms with Gasteiger partial charge in [0.05, 0.1) is 0 Å². The summed E-state index contributed by atoms with van der Waals surface area (Å²) in [6, 6.07) is 4.50. The lowest BCUT2D eigenvalue weighted by Crippen LogP contribution is -2.20. The van der Waals surface area contributed by atoms with E-state index in [0.717, 1.165) is 12.8 Å². The van der Waals surface area contributed by atoms with Crippen LogP contribution in [0.3, 0.4) is 0 Å². The van der Waals surface area contributed by atoms with E-state index in [-0.39, 0.29) is 18.1 Å². The number of fused-ring (bicyclic) bond motifs is 2. The molecule has 0 unspecified atom stereocenters. The van der Waals surface area contributed by atoms with Gasteiger partial charge in [0, 0.05) is 26.4 Å². The Balaban J connectivity index is 1.77. The highest BCUT2D eigenvalue weighted by atomic mass is 19.1. The lowest BCUT2D eigenvalue weighted by molar-refractivity contribution is -0.120. The van der Waals surface area contributed by atoms with Crippen LogP contribution in [-0.4, -0.2) is 32.5 Å². The van der Waals surface area contributed by atoms with Crippen molar-refractivity contribution in [3.8, 4) is 0 Å². The van der Waals surface area contributed by atoms with Crippen molar-refractivity contribution in [3.63, 3.8) is 0 Å². The van der Waals surface area contributed by atoms with Crippen LogP contribution in [0.25, 0.3) is 11.2 Å². The maximum absolute atomic E-state index is 13.8. The number of hydrogen-bond acceptors (Lipinski definition) is 5. The second-order valence-corrected chi connectivity index (χ2v) is 7.23. The first-order valence-electron chi connectivity index (χ1n) is 9.46. The van der Waals surface area contributed by atoms with E-state index in [1.165, 1.54) is 28.7 Å². The van der Waals surface area contributed by atoms with Crippen LogP contribution >= 0.6 is 0 Å². The summed E-state index contributed by atoms with van der Waals surface area (Å²) in [7, 11) is 1.59. The summed E-state index contributed by atoms with van der Waals surface area (Å²) < 4.78 is 15.5. The highest BCUT2D eigenvalue weighted by molar-refractivity contribution is 5.82. The van der Waals surface area contributed by atoms with Crippen molar-refractivity contribution >= 4 is 22.9 Å². The topological polar surface area (TPSA) is 98.7 Å². The number of nitrogens with two attached hydrogens (primary N) is 1. The van der Waals surface area contributed by atoms with Crippen molar-refractivity contribution in [1.29, 1.82) is 0 Å². The Bertz CT molecular complexity index is 1070. The fourth-order valence-electron chi connectivity index (χ4n) is 3.91. The van der Waals surface area contributed by atoms with E-state index in [4.69, 9.17) is 5.73 Å². The van der Waals surface area contributed by atoms with Crippen LogP contribution in [0, 0.1) is 13.0 Å². The average molecular weight is 382 g/mol. The lowest BCUT2D eigenvalue weighted by Gasteiger charge is -2.12. The van der Waals surface area contributed by atoms with Crippen LogP contribution in [0.5, 0.6) is 0 Å². The molecule has 0 saturated heterocycles. The first-order valence-corrected chi connectivity index (χ1v) is 9.46. The van der Waals surface area contributed by atoms with E-state index in [0.29, 0.717) is 30.0 Å². The zero-order valence-electron chi connectivity index (χ0n) is 16.0. The van der Waals surface area contributed by atoms with Crippen molar-refractivity contribution in [3.05, 3.63) is 46.3 Å². The van der Waals surface area contributed by atoms with E-state index < -0.39 is 6.08 Å². The normalized spacial score (nSPS) is 13.1. The lowest BCUT2D eigenvalue weighted by atomic mass is 9.98. The van der Waals surface area contributed by atoms with Gasteiger partial charge in [0.25, 0.3) is 0 Å². The molecule has 0 radical (unpaired) electrons. The number of nitrogens with zero attached hydrogens (tertiary/aromatic N) is 4. The van der Waals surface area contributed by atoms with E-state index in [9.17, 15) is 9.18 Å². The summed E-state index contributed by atoms with van der Waals surface area (Å²) in [4.78, 5) is 23.8. The highest BCUT2D eigenvalue weighted by Gasteiger charge is 2.20. The fraction of sp³-hybridized carbons (Fsp3) is 0.400. The van der Waals surface area contributed by atoms with E-state index >= 15 is 0 Å². The Hall–Kier alpha value is -3.03. The molecule has 4 rings (SSSR count). The number of nitrogen functional groups attached to an aromatic ring is 1. The van der Waals surface area contributed by atoms with Crippen LogP contribution in [-0.2, 0) is 30.6 Å². The summed E-state index contributed by atoms with van der Waals surface area (Å²) in [5.74, 6) is 0.601. The minimum absolute atomic E-state index is 0.00752. The molecule has 28 heavy (non-hydrogen) atoms. The molecule has 0 atom stereocenters. The SMILES string of the molecule is CNC(=O)CCn1c(Cc2cc3c(cc2C)CCC3)nc2c(N)nc(F)nc21. The monoisotopic (exact) mass is 382 g/mol. The molecule has 1 aliphatic carbocycles. The van der Waals surface area contributed by atoms with Gasteiger partial charge in [0.1, 0.15) is 5.82 Å². The molecule has 8 heteroatoms. The summed E-state index contributed by atoms with van der Waals surface area (Å²) >= 11 is 0. The first kappa shape index (κ1) is 18.3. The molecule has 3 aromatic rings. The second kappa shape index (κ2) is 7.18. The molecule has 2 heterocycles. The third-order valence-corrected chi connectivity index (χ3v) is 5.41. The molecular formula is C20H23FN6O. The van der Waals surface area contributed by atoms with Crippen LogP contribution in [0.2, 0.25) is 0 Å². The van der Waals surface area contributed by atoms with Gasteiger partial charge in [0.2, 0.25) is 5.91 Å². The predicted molar refractivity (Wildman–Crippen MR) is 104 cm³/mol. The number of rotatable bonds is 5. The summed E-state index contributed by atoms with van der Waals surface area (Å²) in [6.07, 6.45) is 3.32. The zero-order valence-corrected chi connectivity index (χ0v) is 16.0. The number of amides is 1. The highest BCUT2D eigenvalue weighted by Crippen LogP contribution is 2.28. The molecule has 1 aromatic carbocycles. The molecule has 0 aliphatic heterocycles. The molecule has 1 aliphatic rings. The van der Waals surface area contributed by atoms with Crippen molar-refractivity contribution in [2.75, 3.05) is 12.8 Å². The fourth-order valence-corrected chi connectivity index (χ4v) is 3.91. The summed E-state index contributed by atoms with van der Waals surface area (Å²) in [5, 5.41) is 2.60. The molecule has 1 amide bonds. The minimum atomic E-state index is -0.897. The minimum Gasteiger partial charge on any atom is -0.382 e. The molecule has 146 valence electrons. The number of aryl methyl sites for hydroxylation is 4. The summed E-state index contributed by atoms with van der Waals surface area (Å²) in [6.45, 7) is 2.44. The predicted octanol–water partition coefficient (Wildman–Crippen LogP) is 2.07. The van der Waals surface area contributed by atoms with Crippen LogP contribution in [0.1, 0.15) is 40.9 Å². The quantitative estimate of drug-likeness (QED) is 0.658. The largest absolute Gasteiger partial charge is 0.382 e. The van der Waals surface area contributed by atoms with Gasteiger partial charge in [-0.25, -0.2) is 4.98 Å². The molecular weight excluding hydrogens is 359 g/mol. The van der Waals surface area contributed by atoms with Crippen LogP contribution in [0.15, 0.2) is 12.1 Å². The number of carbonyl (C=O) groups is 1. The van der Waals surface area contributed by atoms with Gasteiger partial charge in [-0.15, -0.1) is 0 Å². The molecule has 0 saturated carbocycles. The van der Waals surface area contributed by atoms with Crippen molar-refractivity contribution < 1.29 is 9.18 Å². The smallest absolute Gasteiger partial charge is 0.312 e. The third kappa shape index (κ3) is 3.30. The van der Waals surface area contributed by atoms with Gasteiger partial charge in [-0.05, 0) is 48.4 Å². The Morgan fingerprint density at radius 2 is 2.00 bits per heavy atom. The third-order valence-electron chi connectivity index (χ3n) is 5.41. The number of carbonyl (C=O) groups excluding carboxylic acids is 1. The Morgan fingerprint density at radius 1 is 1.25 bits per heavy atom. The maximum Gasteiger partial charge on any atom is 0.312 e. The average Bonchev–Trinajstić information content (AvgIpc) is 3.24. The molecule has 0 fully saturated rings. The van der Waals surface area contributed by atoms with Gasteiger partial charge >= 0.3 is 6.08 Å². The first-order chi connectivity index (χ1) is 13.5. The van der Waals surface area contributed by atoms with Gasteiger partial charge in [-0.1, -0.05) is 12.1 Å². The number of aromatic nitrogens is 4. The number of nitrogens with one attached hydrogen (secondary N) is 1. The molecule has 2 aromatic heterocycles. The van der Waals surface area contributed by atoms with Gasteiger partial charge in [-0.2, -0.15) is 14.4 Å². The molecule has 3 N–H and O–H groups in total. The number of anilines is 1. The van der Waals surface area contributed by atoms with Gasteiger partial charge in [-0.3, -0.25) is 4.79 Å². The Morgan fingerprint density at radius 3 is 2.75 bits per heavy atom. The van der Waals surface area contributed by atoms with Gasteiger partial charge in [0.15, 0.2) is 17.0 Å². The molecule has 0 bridgehead atoms. The van der Waals surface area contributed by atoms with Gasteiger partial charge < -0.3 is 15.6 Å². The second-order valence-electron chi connectivity index (χ2n) is 7.23. The number of hydrogen-bond donors (Lipinski definition) is 2. The molecule has 7 nitrogen and oxygen atoms in total. The van der Waals surface area contributed by atoms with E-state index in [1.807, 2.05) is 0 Å². The zero-order chi connectivity index (χ0) is 19.8. The van der Waals surface area contributed by atoms with Crippen molar-refractivity contribution in [2.45, 2.75) is 45.6 Å². The summed E-state index contributed by atoms with van der Waals surface area (Å²) in [5.41, 5.74) is 11.7. The van der Waals surface area contributed by atoms with E-state index in [2.05, 4.69) is 39.3 Å². The van der Waals surface area contributed by atoms with E-state index in [1.54, 1.807) is 11.6 Å².